The first-order valence-electron chi connectivity index (χ1n) is 12.4. The van der Waals surface area contributed by atoms with Crippen LogP contribution in [0, 0.1) is 0 Å². The predicted octanol–water partition coefficient (Wildman–Crippen LogP) is 9.56. The number of hydrogen-bond donors (Lipinski definition) is 0. The van der Waals surface area contributed by atoms with Crippen molar-refractivity contribution in [2.75, 3.05) is 0 Å². The van der Waals surface area contributed by atoms with Gasteiger partial charge in [0.1, 0.15) is 0 Å². The summed E-state index contributed by atoms with van der Waals surface area (Å²) in [5.74, 6) is 0. The number of benzene rings is 4. The van der Waals surface area contributed by atoms with Crippen LogP contribution < -0.4 is 0 Å². The van der Waals surface area contributed by atoms with Gasteiger partial charge in [0.15, 0.2) is 0 Å². The minimum atomic E-state index is -1.13. The van der Waals surface area contributed by atoms with Crippen LogP contribution in [-0.2, 0) is 71.0 Å². The van der Waals surface area contributed by atoms with Crippen molar-refractivity contribution >= 4 is 39.3 Å². The van der Waals surface area contributed by atoms with E-state index in [0.29, 0.717) is 0 Å². The molecule has 4 aromatic carbocycles. The van der Waals surface area contributed by atoms with Gasteiger partial charge in [0.05, 0.1) is 0 Å². The van der Waals surface area contributed by atoms with E-state index in [1.54, 1.807) is 11.1 Å². The van der Waals surface area contributed by atoms with Crippen LogP contribution in [0.3, 0.4) is 0 Å². The Morgan fingerprint density at radius 3 is 1.32 bits per heavy atom. The molecule has 38 heavy (non-hydrogen) atoms. The van der Waals surface area contributed by atoms with Gasteiger partial charge in [0.2, 0.25) is 0 Å². The summed E-state index contributed by atoms with van der Waals surface area (Å²) in [5, 5.41) is 0. The second kappa shape index (κ2) is 14.1. The van der Waals surface area contributed by atoms with Gasteiger partial charge in [-0.1, -0.05) is 0 Å². The first kappa shape index (κ1) is 32.3. The molecule has 188 valence electrons. The summed E-state index contributed by atoms with van der Waals surface area (Å²) in [5.41, 5.74) is 11.7. The maximum Gasteiger partial charge on any atom is 0 e. The van der Waals surface area contributed by atoms with E-state index in [9.17, 15) is 0 Å². The van der Waals surface area contributed by atoms with E-state index in [1.165, 1.54) is 33.4 Å². The normalized spacial score (nSPS) is 16.4. The van der Waals surface area contributed by atoms with Crippen molar-refractivity contribution in [2.24, 2.45) is 0 Å². The van der Waals surface area contributed by atoms with Crippen LogP contribution in [0.5, 0.6) is 0 Å². The minimum absolute atomic E-state index is 0. The second-order valence-corrected chi connectivity index (χ2v) is 48.6. The molecule has 0 bridgehead atoms. The Kier molecular flexibility index (Phi) is 12.0. The molecule has 0 heterocycles. The number of hydrogen-bond acceptors (Lipinski definition) is 0. The van der Waals surface area contributed by atoms with Gasteiger partial charge in [0, 0.05) is 26.2 Å². The van der Waals surface area contributed by atoms with Crippen LogP contribution in [0.4, 0.5) is 0 Å². The minimum Gasteiger partial charge on any atom is -0.147 e. The molecule has 6 rings (SSSR count). The monoisotopic (exact) mass is 782 g/mol. The third-order valence-electron chi connectivity index (χ3n) is 7.06. The summed E-state index contributed by atoms with van der Waals surface area (Å²) < 4.78 is 0.374. The number of fused-ring (bicyclic) bond motifs is 2. The Bertz CT molecular complexity index is 1330. The summed E-state index contributed by atoms with van der Waals surface area (Å²) in [6.07, 6.45) is 10.0. The van der Waals surface area contributed by atoms with Gasteiger partial charge >= 0.3 is 233 Å². The Morgan fingerprint density at radius 1 is 0.526 bits per heavy atom. The molecule has 2 atom stereocenters. The number of halogens is 2. The molecule has 0 fully saturated rings. The van der Waals surface area contributed by atoms with Crippen molar-refractivity contribution in [3.63, 3.8) is 0 Å². The molecule has 2 aliphatic rings. The number of allylic oxidation sites excluding steroid dienone is 2. The van der Waals surface area contributed by atoms with Crippen LogP contribution in [0.1, 0.15) is 29.5 Å². The standard InChI is InChI=1S/2C15H11.C2H6Si.2ClH.3Zr/c2*1-2-6-12(7-3-1)14-10-4-8-13-9-5-11-15(13)14;1-3-2;;;;;/h2*1-11H;1-2H3;2*1H;;;. The molecule has 0 spiro atoms. The van der Waals surface area contributed by atoms with Gasteiger partial charge in [-0.15, -0.1) is 24.8 Å². The fourth-order valence-electron chi connectivity index (χ4n) is 5.48. The molecule has 0 saturated carbocycles. The van der Waals surface area contributed by atoms with Gasteiger partial charge in [-0.2, -0.15) is 0 Å². The van der Waals surface area contributed by atoms with Gasteiger partial charge in [-0.3, -0.25) is 0 Å². The molecule has 0 aliphatic heterocycles. The summed E-state index contributed by atoms with van der Waals surface area (Å²) in [6.45, 7) is 5.48. The second-order valence-electron chi connectivity index (χ2n) is 9.94. The Balaban J connectivity index is 0.00000133. The average molecular weight is 787 g/mol. The summed E-state index contributed by atoms with van der Waals surface area (Å²) >= 11 is -1.08. The van der Waals surface area contributed by atoms with Crippen molar-refractivity contribution in [1.29, 1.82) is 0 Å². The molecule has 6 heteroatoms. The van der Waals surface area contributed by atoms with Gasteiger partial charge in [-0.25, -0.2) is 0 Å². The zero-order valence-electron chi connectivity index (χ0n) is 21.5. The molecule has 2 unspecified atom stereocenters. The van der Waals surface area contributed by atoms with Crippen LogP contribution >= 0.6 is 24.8 Å². The maximum absolute atomic E-state index is 2.74. The first-order chi connectivity index (χ1) is 17.1. The van der Waals surface area contributed by atoms with E-state index in [4.69, 9.17) is 0 Å². The molecule has 0 amide bonds. The molecule has 0 aromatic heterocycles. The maximum atomic E-state index is 2.74. The molecule has 0 saturated heterocycles. The fraction of sp³-hybridized carbons (Fsp3) is 0.125. The van der Waals surface area contributed by atoms with E-state index in [2.05, 4.69) is 134 Å². The van der Waals surface area contributed by atoms with E-state index in [-0.39, 0.29) is 51.0 Å². The van der Waals surface area contributed by atoms with Crippen LogP contribution in [0.15, 0.2) is 109 Å². The van der Waals surface area contributed by atoms with Crippen LogP contribution in [0.2, 0.25) is 13.1 Å². The van der Waals surface area contributed by atoms with Crippen molar-refractivity contribution in [3.05, 3.63) is 131 Å². The van der Waals surface area contributed by atoms with Crippen molar-refractivity contribution in [3.8, 4) is 22.3 Å². The fourth-order valence-corrected chi connectivity index (χ4v) is 42.3. The molecule has 0 nitrogen and oxygen atoms in total. The zero-order chi connectivity index (χ0) is 23.8. The van der Waals surface area contributed by atoms with E-state index >= 15 is 0 Å². The van der Waals surface area contributed by atoms with E-state index in [0.717, 1.165) is 7.25 Å². The Labute approximate surface area is 280 Å². The van der Waals surface area contributed by atoms with Crippen LogP contribution in [-0.4, -0.2) is 2.33 Å². The number of rotatable bonds is 6. The molecule has 0 N–H and O–H groups in total. The Hall–Kier alpha value is -0.194. The molecule has 4 aromatic rings. The largest absolute Gasteiger partial charge is 0.147 e. The smallest absolute Gasteiger partial charge is 0 e. The van der Waals surface area contributed by atoms with Gasteiger partial charge in [-0.05, 0) is 0 Å². The van der Waals surface area contributed by atoms with Crippen molar-refractivity contribution < 1.29 is 71.0 Å². The van der Waals surface area contributed by atoms with E-state index < -0.39 is 47.1 Å². The zero-order valence-corrected chi connectivity index (χ0v) is 31.5. The molecular weight excluding hydrogens is 757 g/mol. The average Bonchev–Trinajstić information content (AvgIpc) is 3.48. The Morgan fingerprint density at radius 2 is 0.921 bits per heavy atom. The summed E-state index contributed by atoms with van der Waals surface area (Å²) in [7, 11) is 0. The van der Waals surface area contributed by atoms with E-state index in [1.807, 2.05) is 0 Å². The summed E-state index contributed by atoms with van der Waals surface area (Å²) in [4.78, 5) is 0. The van der Waals surface area contributed by atoms with Crippen LogP contribution in [0.25, 0.3) is 34.4 Å². The third kappa shape index (κ3) is 6.81. The van der Waals surface area contributed by atoms with Gasteiger partial charge < -0.3 is 0 Å². The first-order valence-corrected chi connectivity index (χ1v) is 25.6. The molecular formula is C32H30Cl2SiZr3. The quantitative estimate of drug-likeness (QED) is 0.171. The molecule has 0 radical (unpaired) electrons. The molecule has 2 aliphatic carbocycles. The van der Waals surface area contributed by atoms with Crippen molar-refractivity contribution in [2.45, 2.75) is 20.3 Å². The summed E-state index contributed by atoms with van der Waals surface area (Å²) in [6, 6.07) is 35.8. The van der Waals surface area contributed by atoms with Crippen molar-refractivity contribution in [1.82, 2.24) is 0 Å². The SMILES string of the molecule is C[Si](C)([Zr][CH]1C=Cc2c(-c3ccccc3)cccc21)[Zr][CH]1C=Cc2c(-c3ccccc3)cccc21.Cl.Cl.[Zr]. The topological polar surface area (TPSA) is 0 Å². The predicted molar refractivity (Wildman–Crippen MR) is 159 cm³/mol. The third-order valence-corrected chi connectivity index (χ3v) is 39.4. The van der Waals surface area contributed by atoms with Gasteiger partial charge in [0.25, 0.3) is 0 Å².